The van der Waals surface area contributed by atoms with Crippen LogP contribution in [0, 0.1) is 0 Å². The van der Waals surface area contributed by atoms with Gasteiger partial charge >= 0.3 is 0 Å². The molecule has 0 bridgehead atoms. The van der Waals surface area contributed by atoms with Crippen LogP contribution >= 0.6 is 0 Å². The van der Waals surface area contributed by atoms with Crippen molar-refractivity contribution in [2.24, 2.45) is 0 Å². The van der Waals surface area contributed by atoms with Crippen molar-refractivity contribution in [2.45, 2.75) is 19.1 Å². The molecule has 0 aromatic rings. The Bertz CT molecular complexity index is 265. The maximum Gasteiger partial charge on any atom is 0.214 e. The van der Waals surface area contributed by atoms with Crippen molar-refractivity contribution in [3.63, 3.8) is 0 Å². The molecular formula is C8H17NO4S. The second-order valence-corrected chi connectivity index (χ2v) is 5.52. The number of rotatable bonds is 4. The summed E-state index contributed by atoms with van der Waals surface area (Å²) in [4.78, 5) is 0. The van der Waals surface area contributed by atoms with Gasteiger partial charge in [0, 0.05) is 27.3 Å². The Morgan fingerprint density at radius 3 is 1.93 bits per heavy atom. The minimum absolute atomic E-state index is 0.125. The summed E-state index contributed by atoms with van der Waals surface area (Å²) in [7, 11) is 0.0258. The van der Waals surface area contributed by atoms with Crippen LogP contribution in [0.15, 0.2) is 0 Å². The highest BCUT2D eigenvalue weighted by atomic mass is 32.2. The van der Waals surface area contributed by atoms with Gasteiger partial charge in [0.25, 0.3) is 0 Å². The van der Waals surface area contributed by atoms with E-state index in [2.05, 4.69) is 0 Å². The third kappa shape index (κ3) is 2.25. The Labute approximate surface area is 85.0 Å². The average molecular weight is 223 g/mol. The number of ether oxygens (including phenoxy) is 2. The lowest BCUT2D eigenvalue weighted by Crippen LogP contribution is -2.31. The van der Waals surface area contributed by atoms with Crippen molar-refractivity contribution in [3.05, 3.63) is 0 Å². The normalized spacial score (nSPS) is 29.6. The third-order valence-electron chi connectivity index (χ3n) is 2.55. The minimum atomic E-state index is -3.11. The molecule has 1 fully saturated rings. The van der Waals surface area contributed by atoms with Crippen LogP contribution in [0.1, 0.15) is 6.92 Å². The highest BCUT2D eigenvalue weighted by Gasteiger charge is 2.38. The summed E-state index contributed by atoms with van der Waals surface area (Å²) in [6.07, 6.45) is -0.303. The zero-order chi connectivity index (χ0) is 10.8. The van der Waals surface area contributed by atoms with Gasteiger partial charge in [0.2, 0.25) is 10.0 Å². The molecule has 2 atom stereocenters. The van der Waals surface area contributed by atoms with Gasteiger partial charge < -0.3 is 9.47 Å². The summed E-state index contributed by atoms with van der Waals surface area (Å²) >= 11 is 0. The molecule has 1 saturated heterocycles. The fourth-order valence-electron chi connectivity index (χ4n) is 1.57. The maximum absolute atomic E-state index is 11.5. The van der Waals surface area contributed by atoms with E-state index in [9.17, 15) is 8.42 Å². The van der Waals surface area contributed by atoms with Crippen molar-refractivity contribution < 1.29 is 17.9 Å². The minimum Gasteiger partial charge on any atom is -0.377 e. The first-order chi connectivity index (χ1) is 6.55. The fraction of sp³-hybridized carbons (Fsp3) is 1.00. The van der Waals surface area contributed by atoms with E-state index in [0.717, 1.165) is 0 Å². The molecular weight excluding hydrogens is 206 g/mol. The Morgan fingerprint density at radius 1 is 1.21 bits per heavy atom. The Morgan fingerprint density at radius 2 is 1.64 bits per heavy atom. The highest BCUT2D eigenvalue weighted by molar-refractivity contribution is 7.89. The highest BCUT2D eigenvalue weighted by Crippen LogP contribution is 2.18. The van der Waals surface area contributed by atoms with Gasteiger partial charge in [0.15, 0.2) is 0 Å². The number of hydrogen-bond donors (Lipinski definition) is 0. The topological polar surface area (TPSA) is 55.8 Å². The van der Waals surface area contributed by atoms with E-state index in [0.29, 0.717) is 13.1 Å². The summed E-state index contributed by atoms with van der Waals surface area (Å²) in [6.45, 7) is 2.42. The molecule has 0 spiro atoms. The van der Waals surface area contributed by atoms with Crippen molar-refractivity contribution in [1.82, 2.24) is 4.31 Å². The lowest BCUT2D eigenvalue weighted by atomic mass is 10.3. The van der Waals surface area contributed by atoms with E-state index >= 15 is 0 Å². The van der Waals surface area contributed by atoms with Crippen LogP contribution < -0.4 is 0 Å². The first-order valence-electron chi connectivity index (χ1n) is 4.58. The predicted octanol–water partition coefficient (Wildman–Crippen LogP) is -0.318. The van der Waals surface area contributed by atoms with Crippen LogP contribution in [-0.4, -0.2) is 58.0 Å². The van der Waals surface area contributed by atoms with E-state index in [1.807, 2.05) is 0 Å². The molecule has 84 valence electrons. The second kappa shape index (κ2) is 4.57. The average Bonchev–Trinajstić information content (AvgIpc) is 2.61. The summed E-state index contributed by atoms with van der Waals surface area (Å²) in [6, 6.07) is 0. The van der Waals surface area contributed by atoms with Gasteiger partial charge in [0.1, 0.15) is 0 Å². The Balaban J connectivity index is 2.71. The number of sulfonamides is 1. The largest absolute Gasteiger partial charge is 0.377 e. The maximum atomic E-state index is 11.5. The first-order valence-corrected chi connectivity index (χ1v) is 6.19. The summed E-state index contributed by atoms with van der Waals surface area (Å²) in [5.74, 6) is 0.125. The molecule has 1 rings (SSSR count). The molecule has 6 heteroatoms. The molecule has 0 aromatic carbocycles. The molecule has 0 saturated carbocycles. The summed E-state index contributed by atoms with van der Waals surface area (Å²) < 4.78 is 34.8. The quantitative estimate of drug-likeness (QED) is 0.655. The van der Waals surface area contributed by atoms with E-state index < -0.39 is 10.0 Å². The van der Waals surface area contributed by atoms with Crippen molar-refractivity contribution in [2.75, 3.05) is 33.1 Å². The van der Waals surface area contributed by atoms with Crippen molar-refractivity contribution in [1.29, 1.82) is 0 Å². The molecule has 1 heterocycles. The van der Waals surface area contributed by atoms with Crippen LogP contribution in [0.2, 0.25) is 0 Å². The van der Waals surface area contributed by atoms with Crippen LogP contribution in [0.3, 0.4) is 0 Å². The molecule has 0 aliphatic carbocycles. The molecule has 5 nitrogen and oxygen atoms in total. The molecule has 0 radical (unpaired) electrons. The molecule has 0 aromatic heterocycles. The van der Waals surface area contributed by atoms with E-state index in [1.54, 1.807) is 21.1 Å². The Kier molecular flexibility index (Phi) is 3.88. The zero-order valence-electron chi connectivity index (χ0n) is 8.76. The van der Waals surface area contributed by atoms with Crippen LogP contribution in [-0.2, 0) is 19.5 Å². The third-order valence-corrected chi connectivity index (χ3v) is 4.36. The monoisotopic (exact) mass is 223 g/mol. The summed E-state index contributed by atoms with van der Waals surface area (Å²) in [5, 5.41) is 0. The van der Waals surface area contributed by atoms with Gasteiger partial charge in [0.05, 0.1) is 18.0 Å². The van der Waals surface area contributed by atoms with E-state index in [4.69, 9.17) is 9.47 Å². The molecule has 14 heavy (non-hydrogen) atoms. The molecule has 0 amide bonds. The first kappa shape index (κ1) is 11.9. The number of methoxy groups -OCH3 is 2. The molecule has 1 aliphatic heterocycles. The lowest BCUT2D eigenvalue weighted by Gasteiger charge is -2.13. The van der Waals surface area contributed by atoms with Gasteiger partial charge in [-0.25, -0.2) is 8.42 Å². The van der Waals surface area contributed by atoms with Crippen molar-refractivity contribution >= 4 is 10.0 Å². The standard InChI is InChI=1S/C8H17NO4S/c1-4-14(10,11)9-5-7(12-2)8(6-9)13-3/h7-8H,4-6H2,1-3H3. The molecule has 2 unspecified atom stereocenters. The number of hydrogen-bond acceptors (Lipinski definition) is 4. The number of nitrogens with zero attached hydrogens (tertiary/aromatic N) is 1. The van der Waals surface area contributed by atoms with Crippen LogP contribution in [0.25, 0.3) is 0 Å². The molecule has 0 N–H and O–H groups in total. The zero-order valence-corrected chi connectivity index (χ0v) is 9.58. The smallest absolute Gasteiger partial charge is 0.214 e. The van der Waals surface area contributed by atoms with Gasteiger partial charge in [-0.1, -0.05) is 0 Å². The molecule has 1 aliphatic rings. The fourth-order valence-corrected chi connectivity index (χ4v) is 2.69. The van der Waals surface area contributed by atoms with E-state index in [-0.39, 0.29) is 18.0 Å². The van der Waals surface area contributed by atoms with Crippen molar-refractivity contribution in [3.8, 4) is 0 Å². The SMILES string of the molecule is CCS(=O)(=O)N1CC(OC)C(OC)C1. The van der Waals surface area contributed by atoms with Crippen LogP contribution in [0.4, 0.5) is 0 Å². The second-order valence-electron chi connectivity index (χ2n) is 3.27. The van der Waals surface area contributed by atoms with Gasteiger partial charge in [-0.2, -0.15) is 4.31 Å². The van der Waals surface area contributed by atoms with E-state index in [1.165, 1.54) is 4.31 Å². The van der Waals surface area contributed by atoms with Gasteiger partial charge in [-0.3, -0.25) is 0 Å². The van der Waals surface area contributed by atoms with Gasteiger partial charge in [-0.05, 0) is 6.92 Å². The predicted molar refractivity (Wildman–Crippen MR) is 52.6 cm³/mol. The van der Waals surface area contributed by atoms with Gasteiger partial charge in [-0.15, -0.1) is 0 Å². The summed E-state index contributed by atoms with van der Waals surface area (Å²) in [5.41, 5.74) is 0. The lowest BCUT2D eigenvalue weighted by molar-refractivity contribution is -0.00461. The Hall–Kier alpha value is -0.170. The van der Waals surface area contributed by atoms with Crippen LogP contribution in [0.5, 0.6) is 0 Å².